The van der Waals surface area contributed by atoms with Gasteiger partial charge in [-0.05, 0) is 24.1 Å². The van der Waals surface area contributed by atoms with E-state index in [1.165, 1.54) is 21.8 Å². The number of ether oxygens (including phenoxy) is 1. The molecule has 0 aliphatic heterocycles. The van der Waals surface area contributed by atoms with Gasteiger partial charge in [0.2, 0.25) is 0 Å². The largest absolute Gasteiger partial charge is 0.468 e. The zero-order valence-corrected chi connectivity index (χ0v) is 12.4. The standard InChI is InChI=1S/C13H19BClN2O3/c1-19-13(18)12(17-14-20-2)9-10-4-3-5-11(8-10)16-7-6-15/h3-5,8,12,16-17H,6-7,9H2,1-2H3. The molecule has 0 saturated carbocycles. The predicted octanol–water partition coefficient (Wildman–Crippen LogP) is 1.19. The van der Waals surface area contributed by atoms with Crippen LogP contribution in [0.3, 0.4) is 0 Å². The molecule has 0 aliphatic rings. The maximum atomic E-state index is 11.7. The number of rotatable bonds is 9. The smallest absolute Gasteiger partial charge is 0.396 e. The molecule has 0 heterocycles. The fraction of sp³-hybridized carbons (Fsp3) is 0.462. The number of carbonyl (C=O) groups is 1. The molecule has 0 saturated heterocycles. The Labute approximate surface area is 125 Å². The van der Waals surface area contributed by atoms with Crippen molar-refractivity contribution in [3.8, 4) is 0 Å². The molecular formula is C13H19BClN2O3. The molecule has 0 aliphatic carbocycles. The molecule has 1 atom stereocenters. The molecule has 1 aromatic rings. The Hall–Kier alpha value is -1.24. The number of anilines is 1. The second-order valence-electron chi connectivity index (χ2n) is 4.12. The maximum absolute atomic E-state index is 11.7. The van der Waals surface area contributed by atoms with E-state index in [1.54, 1.807) is 0 Å². The van der Waals surface area contributed by atoms with Crippen LogP contribution in [0.4, 0.5) is 5.69 Å². The fourth-order valence-electron chi connectivity index (χ4n) is 1.74. The third-order valence-electron chi connectivity index (χ3n) is 2.66. The van der Waals surface area contributed by atoms with Crippen molar-refractivity contribution in [2.75, 3.05) is 32.0 Å². The van der Waals surface area contributed by atoms with Gasteiger partial charge < -0.3 is 19.9 Å². The monoisotopic (exact) mass is 297 g/mol. The average Bonchev–Trinajstić information content (AvgIpc) is 2.49. The Morgan fingerprint density at radius 2 is 2.25 bits per heavy atom. The van der Waals surface area contributed by atoms with Crippen LogP contribution < -0.4 is 10.5 Å². The van der Waals surface area contributed by atoms with E-state index >= 15 is 0 Å². The summed E-state index contributed by atoms with van der Waals surface area (Å²) in [5.41, 5.74) is 1.99. The van der Waals surface area contributed by atoms with Crippen molar-refractivity contribution in [2.45, 2.75) is 12.5 Å². The molecule has 0 aromatic heterocycles. The summed E-state index contributed by atoms with van der Waals surface area (Å²) in [6, 6.07) is 7.34. The van der Waals surface area contributed by atoms with E-state index in [4.69, 9.17) is 21.0 Å². The van der Waals surface area contributed by atoms with Gasteiger partial charge in [-0.25, -0.2) is 0 Å². The molecular weight excluding hydrogens is 278 g/mol. The van der Waals surface area contributed by atoms with Gasteiger partial charge >= 0.3 is 13.6 Å². The first-order valence-electron chi connectivity index (χ1n) is 6.28. The van der Waals surface area contributed by atoms with Crippen LogP contribution in [0.5, 0.6) is 0 Å². The van der Waals surface area contributed by atoms with Crippen LogP contribution in [-0.4, -0.2) is 46.3 Å². The number of esters is 1. The van der Waals surface area contributed by atoms with Crippen LogP contribution >= 0.6 is 11.6 Å². The van der Waals surface area contributed by atoms with Crippen LogP contribution in [0.15, 0.2) is 24.3 Å². The number of alkyl halides is 1. The highest BCUT2D eigenvalue weighted by molar-refractivity contribution is 6.24. The minimum Gasteiger partial charge on any atom is -0.468 e. The van der Waals surface area contributed by atoms with Gasteiger partial charge in [-0.1, -0.05) is 12.1 Å². The molecule has 0 fully saturated rings. The average molecular weight is 298 g/mol. The molecule has 7 heteroatoms. The van der Waals surface area contributed by atoms with Gasteiger partial charge in [0.25, 0.3) is 0 Å². The van der Waals surface area contributed by atoms with E-state index in [-0.39, 0.29) is 5.97 Å². The van der Waals surface area contributed by atoms with Gasteiger partial charge in [-0.3, -0.25) is 4.79 Å². The van der Waals surface area contributed by atoms with Gasteiger partial charge in [-0.15, -0.1) is 11.6 Å². The highest BCUT2D eigenvalue weighted by Crippen LogP contribution is 2.12. The van der Waals surface area contributed by atoms with Crippen LogP contribution in [0.1, 0.15) is 5.56 Å². The first-order chi connectivity index (χ1) is 9.71. The summed E-state index contributed by atoms with van der Waals surface area (Å²) in [7, 11) is 4.25. The third kappa shape index (κ3) is 5.82. The lowest BCUT2D eigenvalue weighted by molar-refractivity contribution is -0.142. The van der Waals surface area contributed by atoms with Crippen LogP contribution in [0.25, 0.3) is 0 Å². The minimum absolute atomic E-state index is 0.336. The van der Waals surface area contributed by atoms with E-state index < -0.39 is 6.04 Å². The van der Waals surface area contributed by atoms with Gasteiger partial charge in [0.1, 0.15) is 6.04 Å². The number of hydrogen-bond donors (Lipinski definition) is 2. The van der Waals surface area contributed by atoms with E-state index in [0.29, 0.717) is 18.8 Å². The van der Waals surface area contributed by atoms with E-state index in [1.807, 2.05) is 24.3 Å². The lowest BCUT2D eigenvalue weighted by Crippen LogP contribution is -2.42. The Morgan fingerprint density at radius 3 is 2.90 bits per heavy atom. The molecule has 0 amide bonds. The van der Waals surface area contributed by atoms with Gasteiger partial charge in [0, 0.05) is 25.2 Å². The number of methoxy groups -OCH3 is 1. The summed E-state index contributed by atoms with van der Waals surface area (Å²) in [6.07, 6.45) is 0.503. The number of hydrogen-bond acceptors (Lipinski definition) is 5. The quantitative estimate of drug-likeness (QED) is 0.407. The molecule has 1 radical (unpaired) electrons. The number of nitrogens with one attached hydrogen (secondary N) is 2. The summed E-state index contributed by atoms with van der Waals surface area (Å²) >= 11 is 5.64. The Balaban J connectivity index is 2.69. The molecule has 1 rings (SSSR count). The lowest BCUT2D eigenvalue weighted by atomic mass is 10.0. The van der Waals surface area contributed by atoms with Crippen molar-refractivity contribution in [3.63, 3.8) is 0 Å². The van der Waals surface area contributed by atoms with Crippen LogP contribution in [0.2, 0.25) is 0 Å². The zero-order valence-electron chi connectivity index (χ0n) is 11.7. The summed E-state index contributed by atoms with van der Waals surface area (Å²) < 4.78 is 9.58. The molecule has 20 heavy (non-hydrogen) atoms. The van der Waals surface area contributed by atoms with E-state index in [0.717, 1.165) is 11.3 Å². The summed E-state index contributed by atoms with van der Waals surface area (Å²) in [4.78, 5) is 11.7. The van der Waals surface area contributed by atoms with Crippen molar-refractivity contribution in [1.82, 2.24) is 5.23 Å². The van der Waals surface area contributed by atoms with Crippen LogP contribution in [-0.2, 0) is 20.6 Å². The number of carbonyl (C=O) groups excluding carboxylic acids is 1. The van der Waals surface area contributed by atoms with Crippen molar-refractivity contribution in [1.29, 1.82) is 0 Å². The second kappa shape index (κ2) is 9.63. The zero-order chi connectivity index (χ0) is 14.8. The van der Waals surface area contributed by atoms with Gasteiger partial charge in [0.05, 0.1) is 7.11 Å². The van der Waals surface area contributed by atoms with Crippen molar-refractivity contribution < 1.29 is 14.2 Å². The minimum atomic E-state index is -0.483. The molecule has 0 spiro atoms. The Morgan fingerprint density at radius 1 is 1.45 bits per heavy atom. The summed E-state index contributed by atoms with van der Waals surface area (Å²) in [5.74, 6) is 0.205. The Kier molecular flexibility index (Phi) is 8.10. The number of benzene rings is 1. The van der Waals surface area contributed by atoms with E-state index in [9.17, 15) is 4.79 Å². The van der Waals surface area contributed by atoms with Crippen molar-refractivity contribution >= 4 is 30.9 Å². The second-order valence-corrected chi connectivity index (χ2v) is 4.49. The first kappa shape index (κ1) is 16.8. The topological polar surface area (TPSA) is 59.6 Å². The highest BCUT2D eigenvalue weighted by atomic mass is 35.5. The fourth-order valence-corrected chi connectivity index (χ4v) is 1.83. The molecule has 109 valence electrons. The predicted molar refractivity (Wildman–Crippen MR) is 81.1 cm³/mol. The SMILES string of the molecule is CO[B]NC(Cc1cccc(NCCCl)c1)C(=O)OC. The Bertz CT molecular complexity index is 420. The van der Waals surface area contributed by atoms with Crippen LogP contribution in [0, 0.1) is 0 Å². The lowest BCUT2D eigenvalue weighted by Gasteiger charge is -2.16. The summed E-state index contributed by atoms with van der Waals surface area (Å²) in [5, 5.41) is 6.06. The maximum Gasteiger partial charge on any atom is 0.396 e. The summed E-state index contributed by atoms with van der Waals surface area (Å²) in [6.45, 7) is 0.696. The molecule has 1 unspecified atom stereocenters. The van der Waals surface area contributed by atoms with Crippen molar-refractivity contribution in [3.05, 3.63) is 29.8 Å². The molecule has 2 N–H and O–H groups in total. The van der Waals surface area contributed by atoms with Gasteiger partial charge in [0.15, 0.2) is 0 Å². The van der Waals surface area contributed by atoms with Gasteiger partial charge in [-0.2, -0.15) is 0 Å². The molecule has 1 aromatic carbocycles. The molecule has 0 bridgehead atoms. The first-order valence-corrected chi connectivity index (χ1v) is 6.81. The normalized spacial score (nSPS) is 11.8. The third-order valence-corrected chi connectivity index (χ3v) is 2.85. The van der Waals surface area contributed by atoms with E-state index in [2.05, 4.69) is 10.5 Å². The van der Waals surface area contributed by atoms with Crippen molar-refractivity contribution in [2.24, 2.45) is 0 Å². The number of halogens is 1. The highest BCUT2D eigenvalue weighted by Gasteiger charge is 2.19. The molecule has 5 nitrogen and oxygen atoms in total.